The summed E-state index contributed by atoms with van der Waals surface area (Å²) in [5.41, 5.74) is 0.813. The Kier molecular flexibility index (Phi) is 2.34. The molecule has 0 heterocycles. The Morgan fingerprint density at radius 2 is 2.00 bits per heavy atom. The molecule has 7 heavy (non-hydrogen) atoms. The minimum Gasteiger partial charge on any atom is -0.286 e. The fraction of sp³-hybridized carbons (Fsp3) is 0.500. The largest absolute Gasteiger partial charge is 0.286 e. The van der Waals surface area contributed by atoms with E-state index in [0.29, 0.717) is 0 Å². The summed E-state index contributed by atoms with van der Waals surface area (Å²) in [6, 6.07) is 0. The van der Waals surface area contributed by atoms with Gasteiger partial charge in [0.25, 0.3) is 0 Å². The molecule has 0 aliphatic carbocycles. The summed E-state index contributed by atoms with van der Waals surface area (Å²) in [6.07, 6.45) is 0. The fourth-order valence-electron chi connectivity index (χ4n) is 0.315. The van der Waals surface area contributed by atoms with Gasteiger partial charge < -0.3 is 0 Å². The maximum atomic E-state index is 10.1. The standard InChI is InChI=1S/C4H8BNO/c1-3(2)6-4(5)7/h5H2,1-2H3. The normalized spacial score (nSPS) is 7.71. The molecule has 0 atom stereocenters. The maximum absolute atomic E-state index is 10.1. The summed E-state index contributed by atoms with van der Waals surface area (Å²) in [5.74, 6) is -0.125. The summed E-state index contributed by atoms with van der Waals surface area (Å²) >= 11 is 0. The lowest BCUT2D eigenvalue weighted by Crippen LogP contribution is -1.90. The zero-order valence-electron chi connectivity index (χ0n) is 4.86. The van der Waals surface area contributed by atoms with Crippen molar-refractivity contribution in [2.45, 2.75) is 13.8 Å². The van der Waals surface area contributed by atoms with E-state index in [1.807, 2.05) is 0 Å². The van der Waals surface area contributed by atoms with Gasteiger partial charge in [-0.3, -0.25) is 4.79 Å². The van der Waals surface area contributed by atoms with Crippen LogP contribution in [0.3, 0.4) is 0 Å². The minimum absolute atomic E-state index is 0.125. The van der Waals surface area contributed by atoms with Gasteiger partial charge in [-0.15, -0.1) is 0 Å². The smallest absolute Gasteiger partial charge is 0.218 e. The van der Waals surface area contributed by atoms with Crippen LogP contribution in [0.5, 0.6) is 0 Å². The van der Waals surface area contributed by atoms with E-state index in [4.69, 9.17) is 0 Å². The van der Waals surface area contributed by atoms with E-state index in [1.165, 1.54) is 7.85 Å². The van der Waals surface area contributed by atoms with E-state index in [2.05, 4.69) is 4.99 Å². The van der Waals surface area contributed by atoms with Gasteiger partial charge in [0.1, 0.15) is 0 Å². The highest BCUT2D eigenvalue weighted by molar-refractivity contribution is 6.58. The van der Waals surface area contributed by atoms with Crippen LogP contribution >= 0.6 is 0 Å². The lowest BCUT2D eigenvalue weighted by molar-refractivity contribution is 0.266. The summed E-state index contributed by atoms with van der Waals surface area (Å²) in [4.78, 5) is 13.6. The fourth-order valence-corrected chi connectivity index (χ4v) is 0.315. The van der Waals surface area contributed by atoms with Crippen LogP contribution in [0, 0.1) is 0 Å². The number of carbonyl (C=O) groups excluding carboxylic acids is 1. The van der Waals surface area contributed by atoms with Crippen molar-refractivity contribution in [3.05, 3.63) is 0 Å². The molecule has 0 aromatic rings. The minimum atomic E-state index is -0.125. The van der Waals surface area contributed by atoms with Gasteiger partial charge in [0, 0.05) is 5.71 Å². The van der Waals surface area contributed by atoms with E-state index >= 15 is 0 Å². The summed E-state index contributed by atoms with van der Waals surface area (Å²) in [6.45, 7) is 3.59. The lowest BCUT2D eigenvalue weighted by Gasteiger charge is -1.80. The van der Waals surface area contributed by atoms with E-state index in [1.54, 1.807) is 13.8 Å². The molecule has 0 fully saturated rings. The van der Waals surface area contributed by atoms with Crippen LogP contribution in [0.4, 0.5) is 4.79 Å². The molecule has 0 radical (unpaired) electrons. The molecule has 0 unspecified atom stereocenters. The first-order chi connectivity index (χ1) is 3.13. The molecule has 1 amide bonds. The molecule has 0 aliphatic rings. The van der Waals surface area contributed by atoms with Gasteiger partial charge >= 0.3 is 0 Å². The molecule has 0 bridgehead atoms. The average Bonchev–Trinajstić information content (AvgIpc) is 1.27. The molecule has 0 aromatic heterocycles. The first-order valence-electron chi connectivity index (χ1n) is 2.15. The van der Waals surface area contributed by atoms with Gasteiger partial charge in [-0.1, -0.05) is 0 Å². The van der Waals surface area contributed by atoms with E-state index in [9.17, 15) is 4.79 Å². The predicted octanol–water partition coefficient (Wildman–Crippen LogP) is 0.220. The lowest BCUT2D eigenvalue weighted by atomic mass is 10.1. The number of nitrogens with zero attached hydrogens (tertiary/aromatic N) is 1. The van der Waals surface area contributed by atoms with Gasteiger partial charge in [-0.25, -0.2) is 4.99 Å². The molecular weight excluding hydrogens is 88.9 g/mol. The van der Waals surface area contributed by atoms with Crippen molar-refractivity contribution in [2.75, 3.05) is 0 Å². The Bertz CT molecular complexity index is 104. The average molecular weight is 96.9 g/mol. The molecule has 38 valence electrons. The quantitative estimate of drug-likeness (QED) is 0.314. The van der Waals surface area contributed by atoms with Gasteiger partial charge in [-0.2, -0.15) is 0 Å². The molecule has 0 spiro atoms. The zero-order valence-corrected chi connectivity index (χ0v) is 4.86. The van der Waals surface area contributed by atoms with Crippen molar-refractivity contribution in [1.82, 2.24) is 0 Å². The van der Waals surface area contributed by atoms with Crippen molar-refractivity contribution in [3.63, 3.8) is 0 Å². The highest BCUT2D eigenvalue weighted by atomic mass is 16.1. The van der Waals surface area contributed by atoms with Crippen LogP contribution in [-0.2, 0) is 0 Å². The molecule has 0 aliphatic heterocycles. The van der Waals surface area contributed by atoms with Crippen molar-refractivity contribution in [2.24, 2.45) is 4.99 Å². The van der Waals surface area contributed by atoms with Crippen molar-refractivity contribution < 1.29 is 4.79 Å². The van der Waals surface area contributed by atoms with Gasteiger partial charge in [0.15, 0.2) is 5.81 Å². The number of hydrogen-bond donors (Lipinski definition) is 0. The number of carbonyl (C=O) groups is 1. The Labute approximate surface area is 44.0 Å². The molecule has 0 rings (SSSR count). The summed E-state index contributed by atoms with van der Waals surface area (Å²) < 4.78 is 0. The second-order valence-corrected chi connectivity index (χ2v) is 1.58. The molecule has 0 aromatic carbocycles. The second kappa shape index (κ2) is 2.56. The Morgan fingerprint density at radius 3 is 2.00 bits per heavy atom. The third-order valence-electron chi connectivity index (χ3n) is 0.381. The monoisotopic (exact) mass is 97.1 g/mol. The van der Waals surface area contributed by atoms with Crippen LogP contribution in [0.2, 0.25) is 0 Å². The van der Waals surface area contributed by atoms with Crippen LogP contribution in [0.15, 0.2) is 4.99 Å². The Balaban J connectivity index is 3.68. The molecule has 0 saturated heterocycles. The van der Waals surface area contributed by atoms with E-state index < -0.39 is 0 Å². The SMILES string of the molecule is BC(=O)N=C(C)C. The highest BCUT2D eigenvalue weighted by Crippen LogP contribution is 1.73. The maximum Gasteiger partial charge on any atom is 0.218 e. The summed E-state index contributed by atoms with van der Waals surface area (Å²) in [7, 11) is 1.44. The second-order valence-electron chi connectivity index (χ2n) is 1.58. The number of hydrogen-bond acceptors (Lipinski definition) is 1. The summed E-state index contributed by atoms with van der Waals surface area (Å²) in [5, 5.41) is 0. The topological polar surface area (TPSA) is 29.4 Å². The van der Waals surface area contributed by atoms with Gasteiger partial charge in [0.2, 0.25) is 7.85 Å². The van der Waals surface area contributed by atoms with Crippen molar-refractivity contribution >= 4 is 19.4 Å². The van der Waals surface area contributed by atoms with Crippen molar-refractivity contribution in [1.29, 1.82) is 0 Å². The van der Waals surface area contributed by atoms with Gasteiger partial charge in [-0.05, 0) is 13.8 Å². The third kappa shape index (κ3) is 5.40. The molecule has 0 saturated carbocycles. The van der Waals surface area contributed by atoms with Crippen LogP contribution in [0.25, 0.3) is 0 Å². The molecule has 2 nitrogen and oxygen atoms in total. The van der Waals surface area contributed by atoms with E-state index in [0.717, 1.165) is 5.71 Å². The predicted molar refractivity (Wildman–Crippen MR) is 32.7 cm³/mol. The molecule has 3 heteroatoms. The van der Waals surface area contributed by atoms with Crippen LogP contribution in [-0.4, -0.2) is 19.4 Å². The van der Waals surface area contributed by atoms with Crippen LogP contribution < -0.4 is 0 Å². The first kappa shape index (κ1) is 6.40. The first-order valence-corrected chi connectivity index (χ1v) is 2.15. The van der Waals surface area contributed by atoms with Crippen LogP contribution in [0.1, 0.15) is 13.8 Å². The highest BCUT2D eigenvalue weighted by Gasteiger charge is 1.81. The zero-order chi connectivity index (χ0) is 5.86. The molecular formula is C4H8BNO. The Morgan fingerprint density at radius 1 is 1.57 bits per heavy atom. The Hall–Kier alpha value is -0.595. The van der Waals surface area contributed by atoms with Crippen molar-refractivity contribution in [3.8, 4) is 0 Å². The number of amides is 1. The third-order valence-corrected chi connectivity index (χ3v) is 0.381. The molecule has 0 N–H and O–H groups in total. The number of rotatable bonds is 0. The van der Waals surface area contributed by atoms with Gasteiger partial charge in [0.05, 0.1) is 0 Å². The van der Waals surface area contributed by atoms with E-state index in [-0.39, 0.29) is 5.81 Å². The number of aliphatic imine (C=N–C) groups is 1.